The standard InChI is InChI=1S/C11H11NO3/c1-7-6-9(11(14)15)3-2-8(7)4-5-10(12)13/h2-6H,1H3,(H2,12,13)(H,14,15). The second-order valence-electron chi connectivity index (χ2n) is 3.11. The highest BCUT2D eigenvalue weighted by atomic mass is 16.4. The number of hydrogen-bond acceptors (Lipinski definition) is 2. The van der Waals surface area contributed by atoms with Crippen molar-refractivity contribution >= 4 is 18.0 Å². The van der Waals surface area contributed by atoms with Crippen molar-refractivity contribution in [1.29, 1.82) is 0 Å². The number of carbonyl (C=O) groups excluding carboxylic acids is 1. The van der Waals surface area contributed by atoms with Gasteiger partial charge in [0.15, 0.2) is 0 Å². The van der Waals surface area contributed by atoms with Crippen LogP contribution in [0.5, 0.6) is 0 Å². The molecule has 0 unspecified atom stereocenters. The number of aromatic carboxylic acids is 1. The molecule has 3 N–H and O–H groups in total. The lowest BCUT2D eigenvalue weighted by Crippen LogP contribution is -2.05. The van der Waals surface area contributed by atoms with Gasteiger partial charge in [-0.05, 0) is 36.3 Å². The van der Waals surface area contributed by atoms with Gasteiger partial charge in [0.25, 0.3) is 0 Å². The minimum atomic E-state index is -0.969. The average molecular weight is 205 g/mol. The fourth-order valence-corrected chi connectivity index (χ4v) is 1.17. The van der Waals surface area contributed by atoms with Crippen LogP contribution in [0.15, 0.2) is 24.3 Å². The van der Waals surface area contributed by atoms with Gasteiger partial charge in [0.05, 0.1) is 5.56 Å². The third-order valence-electron chi connectivity index (χ3n) is 1.94. The molecule has 0 atom stereocenters. The minimum absolute atomic E-state index is 0.226. The molecule has 0 aliphatic carbocycles. The zero-order valence-electron chi connectivity index (χ0n) is 8.23. The number of benzene rings is 1. The van der Waals surface area contributed by atoms with E-state index in [1.807, 2.05) is 0 Å². The molecule has 0 aromatic heterocycles. The van der Waals surface area contributed by atoms with Gasteiger partial charge in [-0.25, -0.2) is 4.79 Å². The quantitative estimate of drug-likeness (QED) is 0.727. The Morgan fingerprint density at radius 3 is 2.53 bits per heavy atom. The van der Waals surface area contributed by atoms with E-state index < -0.39 is 11.9 Å². The van der Waals surface area contributed by atoms with Gasteiger partial charge in [0.1, 0.15) is 0 Å². The second-order valence-corrected chi connectivity index (χ2v) is 3.11. The van der Waals surface area contributed by atoms with Gasteiger partial charge in [-0.15, -0.1) is 0 Å². The molecule has 0 spiro atoms. The van der Waals surface area contributed by atoms with Crippen molar-refractivity contribution in [3.05, 3.63) is 41.0 Å². The molecule has 1 aromatic carbocycles. The summed E-state index contributed by atoms with van der Waals surface area (Å²) in [6, 6.07) is 4.66. The predicted octanol–water partition coefficient (Wildman–Crippen LogP) is 1.19. The maximum atomic E-state index is 10.6. The predicted molar refractivity (Wildman–Crippen MR) is 56.4 cm³/mol. The number of carboxylic acids is 1. The molecule has 0 saturated heterocycles. The van der Waals surface area contributed by atoms with Crippen molar-refractivity contribution in [2.24, 2.45) is 5.73 Å². The number of primary amides is 1. The summed E-state index contributed by atoms with van der Waals surface area (Å²) < 4.78 is 0. The Bertz CT molecular complexity index is 435. The molecule has 15 heavy (non-hydrogen) atoms. The summed E-state index contributed by atoms with van der Waals surface area (Å²) in [5.74, 6) is -1.50. The highest BCUT2D eigenvalue weighted by Gasteiger charge is 2.03. The Balaban J connectivity index is 3.03. The molecular formula is C11H11NO3. The summed E-state index contributed by atoms with van der Waals surface area (Å²) in [6.07, 6.45) is 2.80. The van der Waals surface area contributed by atoms with E-state index in [1.165, 1.54) is 12.1 Å². The molecule has 0 bridgehead atoms. The lowest BCUT2D eigenvalue weighted by Gasteiger charge is -2.01. The average Bonchev–Trinajstić information content (AvgIpc) is 2.15. The van der Waals surface area contributed by atoms with Gasteiger partial charge < -0.3 is 10.8 Å². The first-order chi connectivity index (χ1) is 7.00. The van der Waals surface area contributed by atoms with E-state index in [0.717, 1.165) is 11.1 Å². The Kier molecular flexibility index (Phi) is 3.23. The molecule has 78 valence electrons. The smallest absolute Gasteiger partial charge is 0.335 e. The number of hydrogen-bond donors (Lipinski definition) is 2. The number of rotatable bonds is 3. The Labute approximate surface area is 87.0 Å². The Hall–Kier alpha value is -2.10. The van der Waals surface area contributed by atoms with Crippen molar-refractivity contribution in [3.8, 4) is 0 Å². The van der Waals surface area contributed by atoms with Crippen molar-refractivity contribution in [2.45, 2.75) is 6.92 Å². The highest BCUT2D eigenvalue weighted by Crippen LogP contribution is 2.12. The van der Waals surface area contributed by atoms with E-state index >= 15 is 0 Å². The first-order valence-electron chi connectivity index (χ1n) is 4.32. The van der Waals surface area contributed by atoms with Crippen LogP contribution in [0.1, 0.15) is 21.5 Å². The van der Waals surface area contributed by atoms with Gasteiger partial charge in [-0.1, -0.05) is 6.07 Å². The molecule has 0 aliphatic heterocycles. The molecule has 4 heteroatoms. The summed E-state index contributed by atoms with van der Waals surface area (Å²) in [4.78, 5) is 21.1. The van der Waals surface area contributed by atoms with Crippen LogP contribution >= 0.6 is 0 Å². The summed E-state index contributed by atoms with van der Waals surface area (Å²) in [5.41, 5.74) is 6.74. The number of carbonyl (C=O) groups is 2. The van der Waals surface area contributed by atoms with E-state index in [2.05, 4.69) is 0 Å². The molecule has 1 rings (SSSR count). The van der Waals surface area contributed by atoms with Crippen molar-refractivity contribution in [1.82, 2.24) is 0 Å². The molecule has 1 amide bonds. The van der Waals surface area contributed by atoms with Crippen molar-refractivity contribution in [2.75, 3.05) is 0 Å². The van der Waals surface area contributed by atoms with E-state index in [1.54, 1.807) is 25.1 Å². The third-order valence-corrected chi connectivity index (χ3v) is 1.94. The first-order valence-corrected chi connectivity index (χ1v) is 4.32. The molecule has 4 nitrogen and oxygen atoms in total. The van der Waals surface area contributed by atoms with E-state index in [0.29, 0.717) is 0 Å². The summed E-state index contributed by atoms with van der Waals surface area (Å²) in [7, 11) is 0. The van der Waals surface area contributed by atoms with E-state index in [4.69, 9.17) is 10.8 Å². The highest BCUT2D eigenvalue weighted by molar-refractivity contribution is 5.91. The number of amides is 1. The molecule has 0 fully saturated rings. The maximum Gasteiger partial charge on any atom is 0.335 e. The first kappa shape index (κ1) is 11.0. The van der Waals surface area contributed by atoms with Gasteiger partial charge in [0.2, 0.25) is 5.91 Å². The van der Waals surface area contributed by atoms with Crippen LogP contribution in [0.3, 0.4) is 0 Å². The topological polar surface area (TPSA) is 80.4 Å². The molecule has 0 heterocycles. The molecule has 0 saturated carbocycles. The van der Waals surface area contributed by atoms with Crippen LogP contribution in [0, 0.1) is 6.92 Å². The molecule has 0 radical (unpaired) electrons. The Morgan fingerprint density at radius 2 is 2.07 bits per heavy atom. The number of nitrogens with two attached hydrogens (primary N) is 1. The number of carboxylic acid groups (broad SMARTS) is 1. The monoisotopic (exact) mass is 205 g/mol. The molecular weight excluding hydrogens is 194 g/mol. The molecule has 1 aromatic rings. The normalized spacial score (nSPS) is 10.5. The lowest BCUT2D eigenvalue weighted by atomic mass is 10.0. The van der Waals surface area contributed by atoms with Crippen LogP contribution in [0.2, 0.25) is 0 Å². The fraction of sp³-hybridized carbons (Fsp3) is 0.0909. The fourth-order valence-electron chi connectivity index (χ4n) is 1.17. The van der Waals surface area contributed by atoms with Crippen LogP contribution < -0.4 is 5.73 Å². The minimum Gasteiger partial charge on any atom is -0.478 e. The number of aryl methyl sites for hydroxylation is 1. The van der Waals surface area contributed by atoms with Gasteiger partial charge >= 0.3 is 5.97 Å². The zero-order chi connectivity index (χ0) is 11.4. The van der Waals surface area contributed by atoms with Crippen molar-refractivity contribution in [3.63, 3.8) is 0 Å². The largest absolute Gasteiger partial charge is 0.478 e. The van der Waals surface area contributed by atoms with E-state index in [-0.39, 0.29) is 5.56 Å². The van der Waals surface area contributed by atoms with E-state index in [9.17, 15) is 9.59 Å². The third kappa shape index (κ3) is 2.95. The SMILES string of the molecule is Cc1cc(C(=O)O)ccc1C=CC(N)=O. The van der Waals surface area contributed by atoms with Crippen LogP contribution in [-0.4, -0.2) is 17.0 Å². The van der Waals surface area contributed by atoms with Crippen molar-refractivity contribution < 1.29 is 14.7 Å². The van der Waals surface area contributed by atoms with Crippen LogP contribution in [0.4, 0.5) is 0 Å². The summed E-state index contributed by atoms with van der Waals surface area (Å²) >= 11 is 0. The Morgan fingerprint density at radius 1 is 1.40 bits per heavy atom. The second kappa shape index (κ2) is 4.41. The zero-order valence-corrected chi connectivity index (χ0v) is 8.23. The van der Waals surface area contributed by atoms with Crippen LogP contribution in [-0.2, 0) is 4.79 Å². The lowest BCUT2D eigenvalue weighted by molar-refractivity contribution is -0.113. The summed E-state index contributed by atoms with van der Waals surface area (Å²) in [6.45, 7) is 1.77. The van der Waals surface area contributed by atoms with Gasteiger partial charge in [-0.3, -0.25) is 4.79 Å². The van der Waals surface area contributed by atoms with Crippen LogP contribution in [0.25, 0.3) is 6.08 Å². The maximum absolute atomic E-state index is 10.6. The molecule has 0 aliphatic rings. The van der Waals surface area contributed by atoms with Gasteiger partial charge in [0, 0.05) is 6.08 Å². The summed E-state index contributed by atoms with van der Waals surface area (Å²) in [5, 5.41) is 8.73. The van der Waals surface area contributed by atoms with Gasteiger partial charge in [-0.2, -0.15) is 0 Å².